The minimum atomic E-state index is -0.363. The van der Waals surface area contributed by atoms with E-state index in [1.54, 1.807) is 12.4 Å². The third-order valence-electron chi connectivity index (χ3n) is 3.43. The molecule has 0 unspecified atom stereocenters. The molecule has 2 heterocycles. The lowest BCUT2D eigenvalue weighted by atomic mass is 9.92. The fraction of sp³-hybridized carbons (Fsp3) is 0.571. The van der Waals surface area contributed by atoms with E-state index in [0.29, 0.717) is 13.2 Å². The molecule has 0 aliphatic carbocycles. The SMILES string of the molecule is CC(C)(NC(=O)C1CCOCC1)c1ccncc1. The van der Waals surface area contributed by atoms with Gasteiger partial charge in [-0.3, -0.25) is 9.78 Å². The summed E-state index contributed by atoms with van der Waals surface area (Å²) in [5.41, 5.74) is 0.705. The molecule has 1 N–H and O–H groups in total. The first kappa shape index (κ1) is 13.0. The number of carbonyl (C=O) groups excluding carboxylic acids is 1. The zero-order valence-electron chi connectivity index (χ0n) is 11.0. The van der Waals surface area contributed by atoms with Gasteiger partial charge in [-0.25, -0.2) is 0 Å². The number of carbonyl (C=O) groups is 1. The van der Waals surface area contributed by atoms with Crippen molar-refractivity contribution in [2.45, 2.75) is 32.2 Å². The summed E-state index contributed by atoms with van der Waals surface area (Å²) in [6.07, 6.45) is 5.13. The minimum Gasteiger partial charge on any atom is -0.381 e. The molecule has 0 bridgehead atoms. The van der Waals surface area contributed by atoms with Crippen molar-refractivity contribution < 1.29 is 9.53 Å². The minimum absolute atomic E-state index is 0.0832. The van der Waals surface area contributed by atoms with Gasteiger partial charge in [0.2, 0.25) is 5.91 Å². The third-order valence-corrected chi connectivity index (χ3v) is 3.43. The van der Waals surface area contributed by atoms with Gasteiger partial charge < -0.3 is 10.1 Å². The second-order valence-electron chi connectivity index (χ2n) is 5.24. The highest BCUT2D eigenvalue weighted by Crippen LogP contribution is 2.22. The Bertz CT molecular complexity index is 398. The van der Waals surface area contributed by atoms with E-state index < -0.39 is 0 Å². The molecule has 0 radical (unpaired) electrons. The van der Waals surface area contributed by atoms with E-state index in [-0.39, 0.29) is 17.4 Å². The van der Waals surface area contributed by atoms with E-state index in [1.165, 1.54) is 0 Å². The Hall–Kier alpha value is -1.42. The van der Waals surface area contributed by atoms with Crippen LogP contribution in [0.25, 0.3) is 0 Å². The number of hydrogen-bond acceptors (Lipinski definition) is 3. The normalized spacial score (nSPS) is 17.4. The number of nitrogens with zero attached hydrogens (tertiary/aromatic N) is 1. The van der Waals surface area contributed by atoms with Crippen molar-refractivity contribution >= 4 is 5.91 Å². The summed E-state index contributed by atoms with van der Waals surface area (Å²) in [7, 11) is 0. The van der Waals surface area contributed by atoms with Gasteiger partial charge in [0.25, 0.3) is 0 Å². The van der Waals surface area contributed by atoms with Crippen molar-refractivity contribution in [2.75, 3.05) is 13.2 Å². The average Bonchev–Trinajstić information content (AvgIpc) is 2.40. The molecule has 1 aromatic heterocycles. The van der Waals surface area contributed by atoms with E-state index in [1.807, 2.05) is 26.0 Å². The molecule has 1 aromatic rings. The summed E-state index contributed by atoms with van der Waals surface area (Å²) in [5, 5.41) is 3.12. The first-order valence-corrected chi connectivity index (χ1v) is 6.40. The fourth-order valence-corrected chi connectivity index (χ4v) is 2.21. The Morgan fingerprint density at radius 1 is 1.33 bits per heavy atom. The highest BCUT2D eigenvalue weighted by atomic mass is 16.5. The fourth-order valence-electron chi connectivity index (χ4n) is 2.21. The van der Waals surface area contributed by atoms with Crippen LogP contribution < -0.4 is 5.32 Å². The maximum absolute atomic E-state index is 12.2. The van der Waals surface area contributed by atoms with Crippen molar-refractivity contribution in [2.24, 2.45) is 5.92 Å². The van der Waals surface area contributed by atoms with Gasteiger partial charge in [-0.2, -0.15) is 0 Å². The Labute approximate surface area is 108 Å². The Morgan fingerprint density at radius 3 is 2.56 bits per heavy atom. The number of hydrogen-bond donors (Lipinski definition) is 1. The molecule has 4 heteroatoms. The predicted octanol–water partition coefficient (Wildman–Crippen LogP) is 1.86. The van der Waals surface area contributed by atoms with Crippen molar-refractivity contribution in [3.63, 3.8) is 0 Å². The van der Waals surface area contributed by atoms with Gasteiger partial charge in [-0.15, -0.1) is 0 Å². The third kappa shape index (κ3) is 3.07. The van der Waals surface area contributed by atoms with E-state index in [0.717, 1.165) is 18.4 Å². The Balaban J connectivity index is 2.01. The lowest BCUT2D eigenvalue weighted by Gasteiger charge is -2.30. The van der Waals surface area contributed by atoms with Crippen LogP contribution in [-0.2, 0) is 15.1 Å². The van der Waals surface area contributed by atoms with Crippen LogP contribution >= 0.6 is 0 Å². The Morgan fingerprint density at radius 2 is 1.94 bits per heavy atom. The van der Waals surface area contributed by atoms with Gasteiger partial charge in [0.15, 0.2) is 0 Å². The molecule has 1 aliphatic rings. The Kier molecular flexibility index (Phi) is 3.97. The summed E-state index contributed by atoms with van der Waals surface area (Å²) in [6.45, 7) is 5.40. The lowest BCUT2D eigenvalue weighted by molar-refractivity contribution is -0.129. The average molecular weight is 248 g/mol. The number of aromatic nitrogens is 1. The molecule has 2 rings (SSSR count). The van der Waals surface area contributed by atoms with Gasteiger partial charge in [0.1, 0.15) is 0 Å². The molecule has 1 fully saturated rings. The molecule has 0 atom stereocenters. The number of nitrogens with one attached hydrogen (secondary N) is 1. The molecule has 98 valence electrons. The monoisotopic (exact) mass is 248 g/mol. The van der Waals surface area contributed by atoms with Gasteiger partial charge in [-0.1, -0.05) is 0 Å². The highest BCUT2D eigenvalue weighted by Gasteiger charge is 2.28. The standard InChI is InChI=1S/C14H20N2O2/c1-14(2,12-3-7-15-8-4-12)16-13(17)11-5-9-18-10-6-11/h3-4,7-8,11H,5-6,9-10H2,1-2H3,(H,16,17). The van der Waals surface area contributed by atoms with Gasteiger partial charge in [0.05, 0.1) is 5.54 Å². The maximum Gasteiger partial charge on any atom is 0.223 e. The quantitative estimate of drug-likeness (QED) is 0.888. The molecule has 1 aliphatic heterocycles. The molecule has 18 heavy (non-hydrogen) atoms. The number of ether oxygens (including phenoxy) is 1. The van der Waals surface area contributed by atoms with Gasteiger partial charge >= 0.3 is 0 Å². The first-order valence-electron chi connectivity index (χ1n) is 6.40. The van der Waals surface area contributed by atoms with Crippen LogP contribution in [0, 0.1) is 5.92 Å². The highest BCUT2D eigenvalue weighted by molar-refractivity contribution is 5.79. The van der Waals surface area contributed by atoms with Gasteiger partial charge in [-0.05, 0) is 44.4 Å². The van der Waals surface area contributed by atoms with Crippen LogP contribution in [0.5, 0.6) is 0 Å². The van der Waals surface area contributed by atoms with E-state index in [9.17, 15) is 4.79 Å². The molecule has 0 saturated carbocycles. The van der Waals surface area contributed by atoms with Crippen molar-refractivity contribution in [3.05, 3.63) is 30.1 Å². The second-order valence-corrected chi connectivity index (χ2v) is 5.24. The smallest absolute Gasteiger partial charge is 0.223 e. The molecular weight excluding hydrogens is 228 g/mol. The number of pyridine rings is 1. The van der Waals surface area contributed by atoms with Crippen LogP contribution in [0.1, 0.15) is 32.3 Å². The van der Waals surface area contributed by atoms with Crippen LogP contribution in [0.4, 0.5) is 0 Å². The summed E-state index contributed by atoms with van der Waals surface area (Å²) in [5.74, 6) is 0.208. The lowest BCUT2D eigenvalue weighted by Crippen LogP contribution is -2.45. The second kappa shape index (κ2) is 5.48. The van der Waals surface area contributed by atoms with E-state index in [4.69, 9.17) is 4.74 Å². The molecule has 0 aromatic carbocycles. The van der Waals surface area contributed by atoms with Crippen LogP contribution in [0.3, 0.4) is 0 Å². The molecular formula is C14H20N2O2. The molecule has 1 amide bonds. The van der Waals surface area contributed by atoms with Crippen LogP contribution in [0.15, 0.2) is 24.5 Å². The van der Waals surface area contributed by atoms with E-state index in [2.05, 4.69) is 10.3 Å². The molecule has 1 saturated heterocycles. The number of rotatable bonds is 3. The van der Waals surface area contributed by atoms with Crippen molar-refractivity contribution in [1.29, 1.82) is 0 Å². The van der Waals surface area contributed by atoms with Crippen LogP contribution in [-0.4, -0.2) is 24.1 Å². The summed E-state index contributed by atoms with van der Waals surface area (Å²) in [4.78, 5) is 16.2. The zero-order chi connectivity index (χ0) is 13.0. The summed E-state index contributed by atoms with van der Waals surface area (Å²) < 4.78 is 5.28. The predicted molar refractivity (Wildman–Crippen MR) is 68.9 cm³/mol. The molecule has 4 nitrogen and oxygen atoms in total. The van der Waals surface area contributed by atoms with E-state index >= 15 is 0 Å². The van der Waals surface area contributed by atoms with Crippen molar-refractivity contribution in [1.82, 2.24) is 10.3 Å². The largest absolute Gasteiger partial charge is 0.381 e. The zero-order valence-corrected chi connectivity index (χ0v) is 11.0. The first-order chi connectivity index (χ1) is 8.59. The number of amides is 1. The molecule has 0 spiro atoms. The maximum atomic E-state index is 12.2. The van der Waals surface area contributed by atoms with Crippen LogP contribution in [0.2, 0.25) is 0 Å². The summed E-state index contributed by atoms with van der Waals surface area (Å²) >= 11 is 0. The van der Waals surface area contributed by atoms with Crippen molar-refractivity contribution in [3.8, 4) is 0 Å². The topological polar surface area (TPSA) is 51.2 Å². The summed E-state index contributed by atoms with van der Waals surface area (Å²) in [6, 6.07) is 3.87. The van der Waals surface area contributed by atoms with Gasteiger partial charge in [0, 0.05) is 31.5 Å².